The molecular weight excluding hydrogens is 179 g/mol. The van der Waals surface area contributed by atoms with Crippen LogP contribution in [-0.2, 0) is 13.8 Å². The van der Waals surface area contributed by atoms with Crippen molar-refractivity contribution in [1.29, 1.82) is 0 Å². The molecule has 0 saturated heterocycles. The number of rotatable bonds is 4. The zero-order chi connectivity index (χ0) is 9.98. The van der Waals surface area contributed by atoms with Crippen molar-refractivity contribution in [2.75, 3.05) is 13.2 Å². The van der Waals surface area contributed by atoms with Crippen LogP contribution in [0.3, 0.4) is 0 Å². The number of hydrogen-bond acceptors (Lipinski definition) is 4. The third kappa shape index (κ3) is 22.5. The van der Waals surface area contributed by atoms with Gasteiger partial charge in [-0.15, -0.1) is 0 Å². The number of carbonyl (C=O) groups is 1. The van der Waals surface area contributed by atoms with Gasteiger partial charge in [0.25, 0.3) is 0 Å². The highest BCUT2D eigenvalue weighted by Gasteiger charge is 2.00. The molecule has 0 spiro atoms. The first-order chi connectivity index (χ1) is 5.54. The Balaban J connectivity index is 0. The molecule has 1 N–H and O–H groups in total. The molecule has 12 heavy (non-hydrogen) atoms. The maximum absolute atomic E-state index is 9.44. The van der Waals surface area contributed by atoms with E-state index in [2.05, 4.69) is 9.05 Å². The standard InChI is InChI=1S/C4H11O3P.C3H6O/c1-3-6-8(5)7-4-2;1-3(2)4/h5H,3-4H2,1-2H3;1-2H3. The van der Waals surface area contributed by atoms with Crippen LogP contribution in [0.1, 0.15) is 27.7 Å². The number of ketones is 1. The Kier molecular flexibility index (Phi) is 13.3. The fourth-order valence-electron chi connectivity index (χ4n) is 0.258. The molecule has 0 aromatic heterocycles. The van der Waals surface area contributed by atoms with E-state index in [1.807, 2.05) is 13.8 Å². The van der Waals surface area contributed by atoms with Gasteiger partial charge in [-0.3, -0.25) is 0 Å². The average Bonchev–Trinajstić information content (AvgIpc) is 1.87. The van der Waals surface area contributed by atoms with Crippen molar-refractivity contribution in [2.45, 2.75) is 27.7 Å². The molecule has 0 saturated carbocycles. The Bertz CT molecular complexity index is 97.6. The highest BCUT2D eigenvalue weighted by molar-refractivity contribution is 7.40. The molecule has 0 aliphatic heterocycles. The lowest BCUT2D eigenvalue weighted by Crippen LogP contribution is -1.87. The topological polar surface area (TPSA) is 55.8 Å². The van der Waals surface area contributed by atoms with Crippen molar-refractivity contribution in [1.82, 2.24) is 0 Å². The van der Waals surface area contributed by atoms with E-state index in [0.29, 0.717) is 13.2 Å². The summed E-state index contributed by atoms with van der Waals surface area (Å²) in [5.41, 5.74) is 0. The molecule has 0 bridgehead atoms. The average molecular weight is 196 g/mol. The minimum absolute atomic E-state index is 0.167. The van der Waals surface area contributed by atoms with Gasteiger partial charge in [-0.25, -0.2) is 0 Å². The molecule has 0 rings (SSSR count). The lowest BCUT2D eigenvalue weighted by molar-refractivity contribution is -0.114. The van der Waals surface area contributed by atoms with Crippen LogP contribution in [0.25, 0.3) is 0 Å². The summed E-state index contributed by atoms with van der Waals surface area (Å²) in [6.07, 6.45) is 0. The summed E-state index contributed by atoms with van der Waals surface area (Å²) in [7, 11) is -1.58. The van der Waals surface area contributed by atoms with Gasteiger partial charge >= 0.3 is 8.60 Å². The van der Waals surface area contributed by atoms with Gasteiger partial charge in [0.15, 0.2) is 0 Å². The second-order valence-corrected chi connectivity index (χ2v) is 2.97. The molecule has 0 aromatic rings. The highest BCUT2D eigenvalue weighted by atomic mass is 31.2. The summed E-state index contributed by atoms with van der Waals surface area (Å²) in [5, 5.41) is 0. The smallest absolute Gasteiger partial charge is 0.328 e. The largest absolute Gasteiger partial charge is 0.329 e. The van der Waals surface area contributed by atoms with Crippen molar-refractivity contribution in [2.24, 2.45) is 0 Å². The van der Waals surface area contributed by atoms with Gasteiger partial charge in [-0.2, -0.15) is 0 Å². The molecule has 0 amide bonds. The van der Waals surface area contributed by atoms with Gasteiger partial charge in [-0.1, -0.05) is 0 Å². The molecule has 4 nitrogen and oxygen atoms in total. The van der Waals surface area contributed by atoms with E-state index in [4.69, 9.17) is 4.89 Å². The molecule has 0 fully saturated rings. The summed E-state index contributed by atoms with van der Waals surface area (Å²) >= 11 is 0. The Morgan fingerprint density at radius 2 is 1.50 bits per heavy atom. The minimum atomic E-state index is -1.58. The quantitative estimate of drug-likeness (QED) is 0.697. The Labute approximate surface area is 74.9 Å². The van der Waals surface area contributed by atoms with Gasteiger partial charge in [0.1, 0.15) is 5.78 Å². The Morgan fingerprint density at radius 1 is 1.25 bits per heavy atom. The van der Waals surface area contributed by atoms with Crippen molar-refractivity contribution in [3.05, 3.63) is 0 Å². The SMILES string of the molecule is CC(C)=O.CCOP(O)OCC. The molecule has 0 unspecified atom stereocenters. The van der Waals surface area contributed by atoms with Crippen LogP contribution >= 0.6 is 8.60 Å². The van der Waals surface area contributed by atoms with E-state index >= 15 is 0 Å². The van der Waals surface area contributed by atoms with E-state index in [0.717, 1.165) is 0 Å². The number of hydrogen-bond donors (Lipinski definition) is 1. The minimum Gasteiger partial charge on any atom is -0.328 e. The zero-order valence-corrected chi connectivity index (χ0v) is 8.93. The molecule has 0 aliphatic carbocycles. The van der Waals surface area contributed by atoms with Gasteiger partial charge < -0.3 is 18.7 Å². The van der Waals surface area contributed by atoms with E-state index < -0.39 is 8.60 Å². The predicted molar refractivity (Wildman–Crippen MR) is 48.7 cm³/mol. The van der Waals surface area contributed by atoms with E-state index in [9.17, 15) is 4.79 Å². The van der Waals surface area contributed by atoms with Gasteiger partial charge in [-0.05, 0) is 27.7 Å². The molecule has 0 atom stereocenters. The highest BCUT2D eigenvalue weighted by Crippen LogP contribution is 2.31. The summed E-state index contributed by atoms with van der Waals surface area (Å²) in [6, 6.07) is 0. The second-order valence-electron chi connectivity index (χ2n) is 1.98. The van der Waals surface area contributed by atoms with Crippen molar-refractivity contribution >= 4 is 14.4 Å². The summed E-state index contributed by atoms with van der Waals surface area (Å²) < 4.78 is 9.36. The number of carbonyl (C=O) groups excluding carboxylic acids is 1. The number of Topliss-reactive ketones (excluding diaryl/α,β-unsaturated/α-hetero) is 1. The zero-order valence-electron chi connectivity index (χ0n) is 8.03. The molecule has 0 radical (unpaired) electrons. The van der Waals surface area contributed by atoms with Crippen LogP contribution in [0.5, 0.6) is 0 Å². The van der Waals surface area contributed by atoms with E-state index in [-0.39, 0.29) is 5.78 Å². The van der Waals surface area contributed by atoms with E-state index in [1.165, 1.54) is 13.8 Å². The van der Waals surface area contributed by atoms with Crippen LogP contribution in [0, 0.1) is 0 Å². The first-order valence-corrected chi connectivity index (χ1v) is 4.89. The van der Waals surface area contributed by atoms with E-state index in [1.54, 1.807) is 0 Å². The van der Waals surface area contributed by atoms with Crippen LogP contribution in [0.2, 0.25) is 0 Å². The molecular formula is C7H17O4P. The predicted octanol–water partition coefficient (Wildman–Crippen LogP) is 1.87. The molecule has 74 valence electrons. The van der Waals surface area contributed by atoms with Crippen molar-refractivity contribution in [3.63, 3.8) is 0 Å². The third-order valence-electron chi connectivity index (χ3n) is 0.479. The van der Waals surface area contributed by atoms with Crippen LogP contribution in [0.4, 0.5) is 0 Å². The fraction of sp³-hybridized carbons (Fsp3) is 0.857. The normalized spacial score (nSPS) is 9.17. The summed E-state index contributed by atoms with van der Waals surface area (Å²) in [6.45, 7) is 7.68. The van der Waals surface area contributed by atoms with Crippen LogP contribution in [0.15, 0.2) is 0 Å². The lowest BCUT2D eigenvalue weighted by atomic mass is 10.6. The second kappa shape index (κ2) is 11.0. The fourth-order valence-corrected chi connectivity index (χ4v) is 0.774. The van der Waals surface area contributed by atoms with Crippen molar-refractivity contribution < 1.29 is 18.7 Å². The first-order valence-electron chi connectivity index (χ1n) is 3.76. The van der Waals surface area contributed by atoms with Crippen LogP contribution in [-0.4, -0.2) is 23.9 Å². The van der Waals surface area contributed by atoms with Gasteiger partial charge in [0.2, 0.25) is 0 Å². The van der Waals surface area contributed by atoms with Crippen LogP contribution < -0.4 is 0 Å². The lowest BCUT2D eigenvalue weighted by Gasteiger charge is -2.05. The molecule has 0 heterocycles. The Morgan fingerprint density at radius 3 is 1.67 bits per heavy atom. The summed E-state index contributed by atoms with van der Waals surface area (Å²) in [4.78, 5) is 18.1. The van der Waals surface area contributed by atoms with Gasteiger partial charge in [0, 0.05) is 0 Å². The molecule has 5 heteroatoms. The maximum Gasteiger partial charge on any atom is 0.329 e. The van der Waals surface area contributed by atoms with Gasteiger partial charge in [0.05, 0.1) is 13.2 Å². The Hall–Kier alpha value is -0.0200. The third-order valence-corrected chi connectivity index (χ3v) is 1.44. The monoisotopic (exact) mass is 196 g/mol. The maximum atomic E-state index is 9.44. The summed E-state index contributed by atoms with van der Waals surface area (Å²) in [5.74, 6) is 0.167. The molecule has 0 aliphatic rings. The van der Waals surface area contributed by atoms with Crippen molar-refractivity contribution in [3.8, 4) is 0 Å². The first kappa shape index (κ1) is 14.5. The molecule has 0 aromatic carbocycles.